The molecule has 0 saturated heterocycles. The summed E-state index contributed by atoms with van der Waals surface area (Å²) in [6.07, 6.45) is 12.8. The summed E-state index contributed by atoms with van der Waals surface area (Å²) in [5.41, 5.74) is 13.3. The van der Waals surface area contributed by atoms with Crippen molar-refractivity contribution < 1.29 is 4.42 Å². The molecule has 2 aliphatic carbocycles. The van der Waals surface area contributed by atoms with Crippen LogP contribution in [0.3, 0.4) is 0 Å². The highest BCUT2D eigenvalue weighted by molar-refractivity contribution is 6.09. The fraction of sp³-hybridized carbons (Fsp3) is 0.116. The highest BCUT2D eigenvalue weighted by Gasteiger charge is 2.38. The van der Waals surface area contributed by atoms with Gasteiger partial charge in [-0.1, -0.05) is 110 Å². The zero-order valence-electron chi connectivity index (χ0n) is 25.6. The molecular formula is C43H32N2O. The third-order valence-corrected chi connectivity index (χ3v) is 10.3. The monoisotopic (exact) mass is 592 g/mol. The molecule has 3 aliphatic rings. The molecule has 3 heteroatoms. The maximum Gasteiger partial charge on any atom is 0.159 e. The van der Waals surface area contributed by atoms with Gasteiger partial charge in [0.2, 0.25) is 0 Å². The lowest BCUT2D eigenvalue weighted by Gasteiger charge is -2.29. The first-order valence-corrected chi connectivity index (χ1v) is 16.3. The quantitative estimate of drug-likeness (QED) is 0.204. The standard InChI is InChI=1S/C43H32N2O/c1-27-18-21-33-31-12-5-8-16-38(31)45(41(33)24-27)40-17-9-14-34-36-26-29(20-23-42(36)46-43(34)40)28-19-22-39-35(25-28)32-13-6-7-15-37(32)44(39)30-10-3-2-4-11-30/h2-23,25-27,35,39H,24H2,1H3. The molecule has 0 saturated carbocycles. The first kappa shape index (κ1) is 25.8. The first-order chi connectivity index (χ1) is 22.7. The van der Waals surface area contributed by atoms with Crippen LogP contribution in [-0.4, -0.2) is 10.6 Å². The molecule has 220 valence electrons. The molecule has 0 fully saturated rings. The summed E-state index contributed by atoms with van der Waals surface area (Å²) in [4.78, 5) is 2.48. The Balaban J connectivity index is 1.10. The number of rotatable bonds is 3. The molecule has 0 spiro atoms. The first-order valence-electron chi connectivity index (χ1n) is 16.3. The Kier molecular flexibility index (Phi) is 5.45. The third-order valence-electron chi connectivity index (χ3n) is 10.3. The average molecular weight is 593 g/mol. The molecule has 0 N–H and O–H groups in total. The van der Waals surface area contributed by atoms with Gasteiger partial charge in [-0.2, -0.15) is 0 Å². The van der Waals surface area contributed by atoms with Crippen LogP contribution in [-0.2, 0) is 6.42 Å². The summed E-state index contributed by atoms with van der Waals surface area (Å²) < 4.78 is 9.16. The summed E-state index contributed by atoms with van der Waals surface area (Å²) in [5.74, 6) is 0.778. The molecule has 46 heavy (non-hydrogen) atoms. The molecule has 1 aliphatic heterocycles. The minimum Gasteiger partial charge on any atom is -0.454 e. The van der Waals surface area contributed by atoms with E-state index in [-0.39, 0.29) is 12.0 Å². The lowest BCUT2D eigenvalue weighted by Crippen LogP contribution is -2.28. The number of hydrogen-bond donors (Lipinski definition) is 0. The number of nitrogens with zero attached hydrogens (tertiary/aromatic N) is 2. The van der Waals surface area contributed by atoms with E-state index in [1.54, 1.807) is 0 Å². The lowest BCUT2D eigenvalue weighted by atomic mass is 9.86. The van der Waals surface area contributed by atoms with Gasteiger partial charge in [0.05, 0.1) is 17.2 Å². The molecule has 10 rings (SSSR count). The highest BCUT2D eigenvalue weighted by Crippen LogP contribution is 2.49. The number of hydrogen-bond acceptors (Lipinski definition) is 2. The SMILES string of the molecule is CC1C=Cc2c(n(-c3cccc4c3oc3ccc(C5=CC6c7ccccc7N(c7ccccc7)C6C=C5)cc34)c3ccccc23)C1. The zero-order chi connectivity index (χ0) is 30.4. The minimum absolute atomic E-state index is 0.254. The highest BCUT2D eigenvalue weighted by atomic mass is 16.3. The Morgan fingerprint density at radius 2 is 1.50 bits per heavy atom. The van der Waals surface area contributed by atoms with E-state index in [1.165, 1.54) is 50.2 Å². The van der Waals surface area contributed by atoms with Crippen molar-refractivity contribution in [2.45, 2.75) is 25.3 Å². The lowest BCUT2D eigenvalue weighted by molar-refractivity contribution is 0.659. The fourth-order valence-corrected chi connectivity index (χ4v) is 8.18. The molecule has 3 atom stereocenters. The molecule has 2 aromatic heterocycles. The van der Waals surface area contributed by atoms with Crippen molar-refractivity contribution in [1.82, 2.24) is 4.57 Å². The van der Waals surface area contributed by atoms with Gasteiger partial charge in [-0.15, -0.1) is 0 Å². The largest absolute Gasteiger partial charge is 0.454 e. The maximum absolute atomic E-state index is 6.71. The van der Waals surface area contributed by atoms with Crippen LogP contribution >= 0.6 is 0 Å². The summed E-state index contributed by atoms with van der Waals surface area (Å²) >= 11 is 0. The van der Waals surface area contributed by atoms with E-state index in [1.807, 2.05) is 0 Å². The van der Waals surface area contributed by atoms with Crippen LogP contribution in [0.1, 0.15) is 35.2 Å². The van der Waals surface area contributed by atoms with Crippen molar-refractivity contribution in [3.63, 3.8) is 0 Å². The molecule has 0 bridgehead atoms. The van der Waals surface area contributed by atoms with Crippen LogP contribution in [0.5, 0.6) is 0 Å². The number of anilines is 2. The van der Waals surface area contributed by atoms with Crippen LogP contribution in [0.2, 0.25) is 0 Å². The topological polar surface area (TPSA) is 21.3 Å². The second-order valence-electron chi connectivity index (χ2n) is 13.0. The number of furan rings is 1. The Morgan fingerprint density at radius 1 is 0.696 bits per heavy atom. The van der Waals surface area contributed by atoms with Crippen LogP contribution < -0.4 is 4.90 Å². The van der Waals surface area contributed by atoms with Crippen LogP contribution in [0, 0.1) is 5.92 Å². The predicted molar refractivity (Wildman–Crippen MR) is 191 cm³/mol. The van der Waals surface area contributed by atoms with Gasteiger partial charge in [0.15, 0.2) is 5.58 Å². The third kappa shape index (κ3) is 3.66. The van der Waals surface area contributed by atoms with Gasteiger partial charge < -0.3 is 13.9 Å². The van der Waals surface area contributed by atoms with Crippen molar-refractivity contribution in [2.24, 2.45) is 5.92 Å². The number of aromatic nitrogens is 1. The normalized spacial score (nSPS) is 19.9. The molecule has 0 radical (unpaired) electrons. The van der Waals surface area contributed by atoms with E-state index in [0.29, 0.717) is 5.92 Å². The molecule has 7 aromatic rings. The van der Waals surface area contributed by atoms with Crippen LogP contribution in [0.25, 0.3) is 50.2 Å². The summed E-state index contributed by atoms with van der Waals surface area (Å²) in [7, 11) is 0. The summed E-state index contributed by atoms with van der Waals surface area (Å²) in [5, 5.41) is 3.60. The Hall–Kier alpha value is -5.54. The van der Waals surface area contributed by atoms with E-state index < -0.39 is 0 Å². The molecule has 3 nitrogen and oxygen atoms in total. The van der Waals surface area contributed by atoms with E-state index in [9.17, 15) is 0 Å². The van der Waals surface area contributed by atoms with Gasteiger partial charge in [-0.3, -0.25) is 0 Å². The average Bonchev–Trinajstić information content (AvgIpc) is 3.75. The van der Waals surface area contributed by atoms with Crippen molar-refractivity contribution >= 4 is 55.9 Å². The molecular weight excluding hydrogens is 560 g/mol. The van der Waals surface area contributed by atoms with Gasteiger partial charge in [-0.05, 0) is 71.5 Å². The van der Waals surface area contributed by atoms with Crippen molar-refractivity contribution in [1.29, 1.82) is 0 Å². The van der Waals surface area contributed by atoms with Gasteiger partial charge >= 0.3 is 0 Å². The molecule has 5 aromatic carbocycles. The van der Waals surface area contributed by atoms with E-state index in [4.69, 9.17) is 4.42 Å². The number of allylic oxidation sites excluding steroid dienone is 3. The smallest absolute Gasteiger partial charge is 0.159 e. The Morgan fingerprint density at radius 3 is 2.43 bits per heavy atom. The van der Waals surface area contributed by atoms with Crippen molar-refractivity contribution in [2.75, 3.05) is 4.90 Å². The predicted octanol–water partition coefficient (Wildman–Crippen LogP) is 11.0. The molecule has 3 heterocycles. The van der Waals surface area contributed by atoms with E-state index in [2.05, 4.69) is 162 Å². The maximum atomic E-state index is 6.71. The Bertz CT molecular complexity index is 2440. The van der Waals surface area contributed by atoms with Crippen molar-refractivity contribution in [3.8, 4) is 5.69 Å². The molecule has 3 unspecified atom stereocenters. The summed E-state index contributed by atoms with van der Waals surface area (Å²) in [6.45, 7) is 2.30. The van der Waals surface area contributed by atoms with Gasteiger partial charge in [0.25, 0.3) is 0 Å². The van der Waals surface area contributed by atoms with Gasteiger partial charge in [-0.25, -0.2) is 0 Å². The fourth-order valence-electron chi connectivity index (χ4n) is 8.18. The van der Waals surface area contributed by atoms with Gasteiger partial charge in [0, 0.05) is 44.7 Å². The van der Waals surface area contributed by atoms with Crippen LogP contribution in [0.15, 0.2) is 144 Å². The second kappa shape index (κ2) is 9.73. The summed E-state index contributed by atoms with van der Waals surface area (Å²) in [6, 6.07) is 41.9. The second-order valence-corrected chi connectivity index (χ2v) is 13.0. The number of benzene rings is 5. The van der Waals surface area contributed by atoms with E-state index in [0.717, 1.165) is 34.0 Å². The zero-order valence-corrected chi connectivity index (χ0v) is 25.6. The van der Waals surface area contributed by atoms with Crippen molar-refractivity contribution in [3.05, 3.63) is 162 Å². The van der Waals surface area contributed by atoms with Crippen LogP contribution in [0.4, 0.5) is 11.4 Å². The minimum atomic E-state index is 0.254. The molecule has 0 amide bonds. The number of fused-ring (bicyclic) bond motifs is 9. The Labute approximate surface area is 268 Å². The van der Waals surface area contributed by atoms with Gasteiger partial charge in [0.1, 0.15) is 5.58 Å². The van der Waals surface area contributed by atoms with E-state index >= 15 is 0 Å². The number of para-hydroxylation sites is 4.